The van der Waals surface area contributed by atoms with Crippen molar-refractivity contribution in [2.75, 3.05) is 38.3 Å². The van der Waals surface area contributed by atoms with Crippen molar-refractivity contribution in [3.63, 3.8) is 0 Å². The van der Waals surface area contributed by atoms with Crippen LogP contribution in [0.3, 0.4) is 0 Å². The summed E-state index contributed by atoms with van der Waals surface area (Å²) in [6.45, 7) is 6.15. The standard InChI is InChI=1S/C12H22N4O/c1-9(2)16(3)8-7-14-11-6-5-10(13)12(15-11)17-4/h5-6,9H,7-8,13H2,1-4H3,(H,14,15). The maximum Gasteiger partial charge on any atom is 0.238 e. The van der Waals surface area contributed by atoms with E-state index in [-0.39, 0.29) is 0 Å². The Morgan fingerprint density at radius 3 is 2.76 bits per heavy atom. The van der Waals surface area contributed by atoms with Gasteiger partial charge < -0.3 is 20.7 Å². The molecule has 1 heterocycles. The lowest BCUT2D eigenvalue weighted by atomic mass is 10.3. The second-order valence-corrected chi connectivity index (χ2v) is 4.30. The summed E-state index contributed by atoms with van der Waals surface area (Å²) in [6, 6.07) is 4.19. The Morgan fingerprint density at radius 1 is 1.47 bits per heavy atom. The molecule has 5 nitrogen and oxygen atoms in total. The van der Waals surface area contributed by atoms with Crippen LogP contribution >= 0.6 is 0 Å². The molecule has 0 atom stereocenters. The summed E-state index contributed by atoms with van der Waals surface area (Å²) in [5, 5.41) is 3.24. The average molecular weight is 238 g/mol. The highest BCUT2D eigenvalue weighted by atomic mass is 16.5. The van der Waals surface area contributed by atoms with Gasteiger partial charge in [-0.05, 0) is 33.0 Å². The fourth-order valence-corrected chi connectivity index (χ4v) is 1.33. The molecule has 0 amide bonds. The fourth-order valence-electron chi connectivity index (χ4n) is 1.33. The molecule has 0 spiro atoms. The number of anilines is 2. The first-order valence-electron chi connectivity index (χ1n) is 5.79. The number of pyridine rings is 1. The number of likely N-dealkylation sites (N-methyl/N-ethyl adjacent to an activating group) is 1. The molecule has 0 aromatic carbocycles. The summed E-state index contributed by atoms with van der Waals surface area (Å²) in [5.41, 5.74) is 6.25. The van der Waals surface area contributed by atoms with Gasteiger partial charge in [-0.15, -0.1) is 0 Å². The van der Waals surface area contributed by atoms with E-state index in [0.29, 0.717) is 17.6 Å². The molecule has 0 fully saturated rings. The van der Waals surface area contributed by atoms with Crippen molar-refractivity contribution in [3.05, 3.63) is 12.1 Å². The maximum absolute atomic E-state index is 5.69. The number of nitrogens with zero attached hydrogens (tertiary/aromatic N) is 2. The molecule has 0 radical (unpaired) electrons. The SMILES string of the molecule is COc1nc(NCCN(C)C(C)C)ccc1N. The Morgan fingerprint density at radius 2 is 2.18 bits per heavy atom. The molecule has 0 saturated carbocycles. The third kappa shape index (κ3) is 4.11. The summed E-state index contributed by atoms with van der Waals surface area (Å²) < 4.78 is 5.06. The van der Waals surface area contributed by atoms with E-state index in [1.165, 1.54) is 0 Å². The maximum atomic E-state index is 5.69. The van der Waals surface area contributed by atoms with E-state index >= 15 is 0 Å². The van der Waals surface area contributed by atoms with E-state index < -0.39 is 0 Å². The minimum atomic E-state index is 0.465. The van der Waals surface area contributed by atoms with Crippen LogP contribution in [0.25, 0.3) is 0 Å². The van der Waals surface area contributed by atoms with Gasteiger partial charge in [0.1, 0.15) is 5.82 Å². The zero-order valence-electron chi connectivity index (χ0n) is 11.0. The highest BCUT2D eigenvalue weighted by molar-refractivity contribution is 5.53. The summed E-state index contributed by atoms with van der Waals surface area (Å²) in [4.78, 5) is 6.52. The van der Waals surface area contributed by atoms with Gasteiger partial charge in [-0.2, -0.15) is 4.98 Å². The van der Waals surface area contributed by atoms with Gasteiger partial charge in [-0.3, -0.25) is 0 Å². The smallest absolute Gasteiger partial charge is 0.238 e. The number of nitrogens with two attached hydrogens (primary N) is 1. The molecule has 0 aliphatic carbocycles. The summed E-state index contributed by atoms with van der Waals surface area (Å²) >= 11 is 0. The van der Waals surface area contributed by atoms with E-state index in [4.69, 9.17) is 10.5 Å². The normalized spacial score (nSPS) is 10.9. The fraction of sp³-hybridized carbons (Fsp3) is 0.583. The van der Waals surface area contributed by atoms with Crippen LogP contribution in [0.4, 0.5) is 11.5 Å². The molecule has 0 bridgehead atoms. The Kier molecular flexibility index (Phi) is 5.03. The van der Waals surface area contributed by atoms with Crippen LogP contribution in [-0.2, 0) is 0 Å². The topological polar surface area (TPSA) is 63.4 Å². The lowest BCUT2D eigenvalue weighted by Gasteiger charge is -2.21. The summed E-state index contributed by atoms with van der Waals surface area (Å²) in [5.74, 6) is 1.25. The quantitative estimate of drug-likeness (QED) is 0.785. The largest absolute Gasteiger partial charge is 0.479 e. The predicted octanol–water partition coefficient (Wildman–Crippen LogP) is 1.42. The molecular weight excluding hydrogens is 216 g/mol. The van der Waals surface area contributed by atoms with Crippen LogP contribution in [0.5, 0.6) is 5.88 Å². The third-order valence-electron chi connectivity index (χ3n) is 2.74. The van der Waals surface area contributed by atoms with Crippen molar-refractivity contribution in [2.24, 2.45) is 0 Å². The van der Waals surface area contributed by atoms with E-state index in [1.54, 1.807) is 13.2 Å². The molecule has 1 aromatic heterocycles. The summed E-state index contributed by atoms with van der Waals surface area (Å²) in [7, 11) is 3.67. The van der Waals surface area contributed by atoms with Gasteiger partial charge >= 0.3 is 0 Å². The monoisotopic (exact) mass is 238 g/mol. The van der Waals surface area contributed by atoms with Crippen LogP contribution in [-0.4, -0.2) is 43.2 Å². The van der Waals surface area contributed by atoms with E-state index in [9.17, 15) is 0 Å². The molecule has 0 aliphatic heterocycles. The number of hydrogen-bond donors (Lipinski definition) is 2. The lowest BCUT2D eigenvalue weighted by molar-refractivity contribution is 0.284. The van der Waals surface area contributed by atoms with Crippen LogP contribution in [0, 0.1) is 0 Å². The first-order valence-corrected chi connectivity index (χ1v) is 5.79. The minimum absolute atomic E-state index is 0.465. The van der Waals surface area contributed by atoms with Gasteiger partial charge in [0.25, 0.3) is 0 Å². The van der Waals surface area contributed by atoms with E-state index in [2.05, 4.69) is 36.1 Å². The number of methoxy groups -OCH3 is 1. The van der Waals surface area contributed by atoms with Gasteiger partial charge in [-0.25, -0.2) is 0 Å². The highest BCUT2D eigenvalue weighted by Gasteiger charge is 2.04. The van der Waals surface area contributed by atoms with Gasteiger partial charge in [0.2, 0.25) is 5.88 Å². The molecule has 0 aliphatic rings. The Balaban J connectivity index is 2.47. The lowest BCUT2D eigenvalue weighted by Crippen LogP contribution is -2.31. The number of aromatic nitrogens is 1. The molecule has 17 heavy (non-hydrogen) atoms. The number of ether oxygens (including phenoxy) is 1. The molecule has 5 heteroatoms. The predicted molar refractivity (Wildman–Crippen MR) is 71.5 cm³/mol. The number of nitrogen functional groups attached to an aromatic ring is 1. The number of rotatable bonds is 6. The second kappa shape index (κ2) is 6.30. The van der Waals surface area contributed by atoms with Crippen molar-refractivity contribution in [3.8, 4) is 5.88 Å². The van der Waals surface area contributed by atoms with Crippen LogP contribution in [0.1, 0.15) is 13.8 Å². The minimum Gasteiger partial charge on any atom is -0.479 e. The Labute approximate surface area is 103 Å². The van der Waals surface area contributed by atoms with Crippen molar-refractivity contribution in [1.29, 1.82) is 0 Å². The van der Waals surface area contributed by atoms with Crippen LogP contribution < -0.4 is 15.8 Å². The van der Waals surface area contributed by atoms with Crippen LogP contribution in [0.15, 0.2) is 12.1 Å². The van der Waals surface area contributed by atoms with E-state index in [0.717, 1.165) is 18.9 Å². The number of nitrogens with one attached hydrogen (secondary N) is 1. The number of hydrogen-bond acceptors (Lipinski definition) is 5. The van der Waals surface area contributed by atoms with Crippen molar-refractivity contribution >= 4 is 11.5 Å². The molecule has 3 N–H and O–H groups in total. The Bertz CT molecular complexity index is 354. The molecular formula is C12H22N4O. The van der Waals surface area contributed by atoms with E-state index in [1.807, 2.05) is 6.07 Å². The molecule has 1 aromatic rings. The molecule has 1 rings (SSSR count). The Hall–Kier alpha value is -1.49. The molecule has 96 valence electrons. The zero-order chi connectivity index (χ0) is 12.8. The second-order valence-electron chi connectivity index (χ2n) is 4.30. The van der Waals surface area contributed by atoms with Crippen LogP contribution in [0.2, 0.25) is 0 Å². The van der Waals surface area contributed by atoms with Crippen molar-refractivity contribution in [1.82, 2.24) is 9.88 Å². The van der Waals surface area contributed by atoms with Crippen molar-refractivity contribution < 1.29 is 4.74 Å². The van der Waals surface area contributed by atoms with Gasteiger partial charge in [0.15, 0.2) is 0 Å². The first kappa shape index (κ1) is 13.6. The zero-order valence-corrected chi connectivity index (χ0v) is 11.0. The molecule has 0 saturated heterocycles. The highest BCUT2D eigenvalue weighted by Crippen LogP contribution is 2.19. The summed E-state index contributed by atoms with van der Waals surface area (Å²) in [6.07, 6.45) is 0. The molecule has 0 unspecified atom stereocenters. The van der Waals surface area contributed by atoms with Gasteiger partial charge in [-0.1, -0.05) is 0 Å². The average Bonchev–Trinajstić information content (AvgIpc) is 2.31. The third-order valence-corrected chi connectivity index (χ3v) is 2.74. The first-order chi connectivity index (χ1) is 8.04. The van der Waals surface area contributed by atoms with Gasteiger partial charge in [0, 0.05) is 19.1 Å². The van der Waals surface area contributed by atoms with Gasteiger partial charge in [0.05, 0.1) is 12.8 Å². The van der Waals surface area contributed by atoms with Crippen molar-refractivity contribution in [2.45, 2.75) is 19.9 Å².